The number of carbonyl (C=O) groups is 1. The quantitative estimate of drug-likeness (QED) is 0.901. The summed E-state index contributed by atoms with van der Waals surface area (Å²) in [6, 6.07) is 9.46. The van der Waals surface area contributed by atoms with Crippen LogP contribution >= 0.6 is 0 Å². The number of nitrogens with one attached hydrogen (secondary N) is 1. The highest BCUT2D eigenvalue weighted by Gasteiger charge is 2.22. The number of amides is 1. The van der Waals surface area contributed by atoms with Crippen LogP contribution in [0.3, 0.4) is 0 Å². The second-order valence-electron chi connectivity index (χ2n) is 6.45. The standard InChI is InChI=1S/C18H28N2O/c1-14(2)17-9-7-16(8-10-17)13-20-11-5-4-6-18(20)12-19-15(3)21/h7-10,14,18H,4-6,11-13H2,1-3H3,(H,19,21). The minimum Gasteiger partial charge on any atom is -0.355 e. The lowest BCUT2D eigenvalue weighted by molar-refractivity contribution is -0.119. The second kappa shape index (κ2) is 7.60. The molecule has 1 atom stereocenters. The Morgan fingerprint density at radius 3 is 2.62 bits per heavy atom. The van der Waals surface area contributed by atoms with E-state index in [2.05, 4.69) is 48.3 Å². The molecule has 1 aromatic carbocycles. The summed E-state index contributed by atoms with van der Waals surface area (Å²) in [7, 11) is 0. The van der Waals surface area contributed by atoms with Crippen LogP contribution in [0.25, 0.3) is 0 Å². The minimum absolute atomic E-state index is 0.0711. The first-order chi connectivity index (χ1) is 10.1. The van der Waals surface area contributed by atoms with Crippen LogP contribution in [0.5, 0.6) is 0 Å². The van der Waals surface area contributed by atoms with E-state index in [-0.39, 0.29) is 5.91 Å². The Kier molecular flexibility index (Phi) is 5.80. The van der Waals surface area contributed by atoms with Gasteiger partial charge in [0.05, 0.1) is 0 Å². The third-order valence-electron chi connectivity index (χ3n) is 4.37. The van der Waals surface area contributed by atoms with Gasteiger partial charge >= 0.3 is 0 Å². The molecular weight excluding hydrogens is 260 g/mol. The lowest BCUT2D eigenvalue weighted by atomic mass is 9.99. The number of hydrogen-bond donors (Lipinski definition) is 1. The summed E-state index contributed by atoms with van der Waals surface area (Å²) in [5.41, 5.74) is 2.77. The van der Waals surface area contributed by atoms with Gasteiger partial charge in [0.15, 0.2) is 0 Å². The van der Waals surface area contributed by atoms with Crippen molar-refractivity contribution in [2.24, 2.45) is 0 Å². The first-order valence-electron chi connectivity index (χ1n) is 8.13. The van der Waals surface area contributed by atoms with Crippen molar-refractivity contribution in [3.05, 3.63) is 35.4 Å². The van der Waals surface area contributed by atoms with E-state index in [1.165, 1.54) is 30.4 Å². The molecule has 1 saturated heterocycles. The topological polar surface area (TPSA) is 32.3 Å². The van der Waals surface area contributed by atoms with Crippen molar-refractivity contribution in [3.8, 4) is 0 Å². The van der Waals surface area contributed by atoms with E-state index in [0.717, 1.165) is 19.6 Å². The minimum atomic E-state index is 0.0711. The molecule has 3 heteroatoms. The summed E-state index contributed by atoms with van der Waals surface area (Å²) in [6.07, 6.45) is 3.72. The molecule has 2 rings (SSSR count). The van der Waals surface area contributed by atoms with E-state index in [0.29, 0.717) is 12.0 Å². The number of benzene rings is 1. The average Bonchev–Trinajstić information content (AvgIpc) is 2.47. The summed E-state index contributed by atoms with van der Waals surface area (Å²) >= 11 is 0. The van der Waals surface area contributed by atoms with Crippen LogP contribution in [0, 0.1) is 0 Å². The fourth-order valence-electron chi connectivity index (χ4n) is 3.00. The van der Waals surface area contributed by atoms with Crippen molar-refractivity contribution in [1.29, 1.82) is 0 Å². The molecule has 1 aliphatic rings. The van der Waals surface area contributed by atoms with E-state index in [4.69, 9.17) is 0 Å². The van der Waals surface area contributed by atoms with Gasteiger partial charge in [-0.25, -0.2) is 0 Å². The van der Waals surface area contributed by atoms with Gasteiger partial charge in [0.2, 0.25) is 5.91 Å². The van der Waals surface area contributed by atoms with Gasteiger partial charge in [0.1, 0.15) is 0 Å². The number of likely N-dealkylation sites (tertiary alicyclic amines) is 1. The molecule has 0 aliphatic carbocycles. The number of carbonyl (C=O) groups excluding carboxylic acids is 1. The maximum Gasteiger partial charge on any atom is 0.216 e. The molecule has 1 aliphatic heterocycles. The van der Waals surface area contributed by atoms with Crippen molar-refractivity contribution in [2.45, 2.75) is 58.5 Å². The maximum absolute atomic E-state index is 11.1. The molecule has 0 bridgehead atoms. The third-order valence-corrected chi connectivity index (χ3v) is 4.37. The van der Waals surface area contributed by atoms with Gasteiger partial charge < -0.3 is 5.32 Å². The zero-order valence-corrected chi connectivity index (χ0v) is 13.6. The highest BCUT2D eigenvalue weighted by Crippen LogP contribution is 2.21. The third kappa shape index (κ3) is 4.85. The summed E-state index contributed by atoms with van der Waals surface area (Å²) < 4.78 is 0. The lowest BCUT2D eigenvalue weighted by Crippen LogP contribution is -2.45. The van der Waals surface area contributed by atoms with Crippen LogP contribution < -0.4 is 5.32 Å². The zero-order chi connectivity index (χ0) is 15.2. The Bertz CT molecular complexity index is 453. The molecule has 1 N–H and O–H groups in total. The van der Waals surface area contributed by atoms with E-state index in [1.807, 2.05) is 0 Å². The van der Waals surface area contributed by atoms with Crippen LogP contribution in [0.2, 0.25) is 0 Å². The molecule has 0 aromatic heterocycles. The maximum atomic E-state index is 11.1. The molecule has 1 aromatic rings. The molecule has 1 amide bonds. The summed E-state index contributed by atoms with van der Waals surface area (Å²) in [4.78, 5) is 13.6. The van der Waals surface area contributed by atoms with Crippen molar-refractivity contribution in [3.63, 3.8) is 0 Å². The van der Waals surface area contributed by atoms with Crippen LogP contribution in [-0.2, 0) is 11.3 Å². The Morgan fingerprint density at radius 2 is 2.00 bits per heavy atom. The molecule has 3 nitrogen and oxygen atoms in total. The Balaban J connectivity index is 1.96. The first kappa shape index (κ1) is 16.0. The van der Waals surface area contributed by atoms with Crippen LogP contribution in [0.15, 0.2) is 24.3 Å². The van der Waals surface area contributed by atoms with Crippen molar-refractivity contribution >= 4 is 5.91 Å². The Morgan fingerprint density at radius 1 is 1.29 bits per heavy atom. The van der Waals surface area contributed by atoms with E-state index < -0.39 is 0 Å². The van der Waals surface area contributed by atoms with Crippen LogP contribution in [0.4, 0.5) is 0 Å². The van der Waals surface area contributed by atoms with E-state index in [9.17, 15) is 4.79 Å². The largest absolute Gasteiger partial charge is 0.355 e. The molecule has 0 saturated carbocycles. The van der Waals surface area contributed by atoms with Crippen LogP contribution in [0.1, 0.15) is 57.1 Å². The molecule has 21 heavy (non-hydrogen) atoms. The van der Waals surface area contributed by atoms with Crippen molar-refractivity contribution < 1.29 is 4.79 Å². The predicted octanol–water partition coefficient (Wildman–Crippen LogP) is 3.30. The predicted molar refractivity (Wildman–Crippen MR) is 87.3 cm³/mol. The SMILES string of the molecule is CC(=O)NCC1CCCCN1Cc1ccc(C(C)C)cc1. The fraction of sp³-hybridized carbons (Fsp3) is 0.611. The Hall–Kier alpha value is -1.35. The van der Waals surface area contributed by atoms with Crippen molar-refractivity contribution in [2.75, 3.05) is 13.1 Å². The average molecular weight is 288 g/mol. The highest BCUT2D eigenvalue weighted by atomic mass is 16.1. The molecule has 1 unspecified atom stereocenters. The number of nitrogens with zero attached hydrogens (tertiary/aromatic N) is 1. The van der Waals surface area contributed by atoms with Crippen molar-refractivity contribution in [1.82, 2.24) is 10.2 Å². The smallest absolute Gasteiger partial charge is 0.216 e. The summed E-state index contributed by atoms with van der Waals surface area (Å²) in [5.74, 6) is 0.656. The summed E-state index contributed by atoms with van der Waals surface area (Å²) in [6.45, 7) is 8.95. The molecule has 1 heterocycles. The van der Waals surface area contributed by atoms with Gasteiger partial charge in [-0.15, -0.1) is 0 Å². The van der Waals surface area contributed by atoms with Gasteiger partial charge in [0.25, 0.3) is 0 Å². The monoisotopic (exact) mass is 288 g/mol. The number of rotatable bonds is 5. The van der Waals surface area contributed by atoms with Gasteiger partial charge in [0, 0.05) is 26.1 Å². The van der Waals surface area contributed by atoms with Gasteiger partial charge in [-0.3, -0.25) is 9.69 Å². The first-order valence-corrected chi connectivity index (χ1v) is 8.13. The second-order valence-corrected chi connectivity index (χ2v) is 6.45. The Labute approximate surface area is 128 Å². The number of hydrogen-bond acceptors (Lipinski definition) is 2. The number of piperidine rings is 1. The normalized spacial score (nSPS) is 19.7. The van der Waals surface area contributed by atoms with Gasteiger partial charge in [-0.2, -0.15) is 0 Å². The molecule has 0 spiro atoms. The highest BCUT2D eigenvalue weighted by molar-refractivity contribution is 5.72. The fourth-order valence-corrected chi connectivity index (χ4v) is 3.00. The van der Waals surface area contributed by atoms with Gasteiger partial charge in [-0.05, 0) is 36.4 Å². The zero-order valence-electron chi connectivity index (χ0n) is 13.6. The van der Waals surface area contributed by atoms with Crippen LogP contribution in [-0.4, -0.2) is 29.9 Å². The van der Waals surface area contributed by atoms with E-state index in [1.54, 1.807) is 6.92 Å². The van der Waals surface area contributed by atoms with Gasteiger partial charge in [-0.1, -0.05) is 44.5 Å². The molecule has 0 radical (unpaired) electrons. The summed E-state index contributed by atoms with van der Waals surface area (Å²) in [5, 5.41) is 2.97. The van der Waals surface area contributed by atoms with E-state index >= 15 is 0 Å². The molecule has 1 fully saturated rings. The lowest BCUT2D eigenvalue weighted by Gasteiger charge is -2.35. The molecular formula is C18H28N2O. The molecule has 116 valence electrons.